The number of likely N-dealkylation sites (tertiary alicyclic amines) is 1. The Hall–Kier alpha value is -1.56. The number of carbonyl (C=O) groups excluding carboxylic acids is 1. The number of amides is 1. The first-order chi connectivity index (χ1) is 10.9. The Bertz CT molecular complexity index is 744. The van der Waals surface area contributed by atoms with Gasteiger partial charge >= 0.3 is 6.18 Å². The normalized spacial score (nSPS) is 19.1. The van der Waals surface area contributed by atoms with E-state index in [1.54, 1.807) is 12.1 Å². The molecule has 122 valence electrons. The van der Waals surface area contributed by atoms with E-state index in [0.717, 1.165) is 15.2 Å². The molecule has 1 amide bonds. The first-order valence-corrected chi connectivity index (χ1v) is 8.20. The average molecular weight is 386 g/mol. The minimum absolute atomic E-state index is 0.0916. The molecule has 0 bridgehead atoms. The fourth-order valence-corrected chi connectivity index (χ4v) is 3.56. The Morgan fingerprint density at radius 3 is 2.57 bits per heavy atom. The van der Waals surface area contributed by atoms with Crippen molar-refractivity contribution in [2.75, 3.05) is 13.1 Å². The summed E-state index contributed by atoms with van der Waals surface area (Å²) < 4.78 is 39.7. The second-order valence-electron chi connectivity index (χ2n) is 5.77. The van der Waals surface area contributed by atoms with Crippen LogP contribution in [0.1, 0.15) is 23.2 Å². The number of carbonyl (C=O) groups is 1. The van der Waals surface area contributed by atoms with Crippen LogP contribution in [0.15, 0.2) is 40.9 Å². The Morgan fingerprint density at radius 1 is 1.13 bits per heavy atom. The summed E-state index contributed by atoms with van der Waals surface area (Å²) in [6.45, 7) is 0.114. The zero-order valence-corrected chi connectivity index (χ0v) is 13.8. The van der Waals surface area contributed by atoms with Crippen LogP contribution >= 0.6 is 15.9 Å². The van der Waals surface area contributed by atoms with Gasteiger partial charge in [0.25, 0.3) is 5.91 Å². The van der Waals surface area contributed by atoms with Crippen molar-refractivity contribution in [2.45, 2.75) is 19.0 Å². The fraction of sp³-hybridized carbons (Fsp3) is 0.353. The van der Waals surface area contributed by atoms with Gasteiger partial charge in [0.1, 0.15) is 0 Å². The summed E-state index contributed by atoms with van der Waals surface area (Å²) in [5.74, 6) is -1.76. The van der Waals surface area contributed by atoms with Crippen LogP contribution in [0.25, 0.3) is 10.8 Å². The Labute approximate surface area is 140 Å². The summed E-state index contributed by atoms with van der Waals surface area (Å²) in [6, 6.07) is 10.8. The molecule has 1 aliphatic heterocycles. The van der Waals surface area contributed by atoms with Gasteiger partial charge in [-0.05, 0) is 35.7 Å². The molecule has 0 spiro atoms. The molecule has 3 rings (SSSR count). The smallest absolute Gasteiger partial charge is 0.338 e. The fourth-order valence-electron chi connectivity index (χ4n) is 3.06. The SMILES string of the molecule is O=C(c1cccc2c(Br)cccc12)N1CCCC(C(F)(F)F)C1. The van der Waals surface area contributed by atoms with Gasteiger partial charge in [0.15, 0.2) is 0 Å². The van der Waals surface area contributed by atoms with Crippen LogP contribution < -0.4 is 0 Å². The Kier molecular flexibility index (Phi) is 4.36. The molecule has 1 atom stereocenters. The Balaban J connectivity index is 1.93. The molecule has 1 saturated heterocycles. The maximum Gasteiger partial charge on any atom is 0.393 e. The van der Waals surface area contributed by atoms with Gasteiger partial charge in [-0.2, -0.15) is 13.2 Å². The summed E-state index contributed by atoms with van der Waals surface area (Å²) in [5.41, 5.74) is 0.451. The van der Waals surface area contributed by atoms with Gasteiger partial charge < -0.3 is 4.90 Å². The first kappa shape index (κ1) is 16.3. The zero-order valence-electron chi connectivity index (χ0n) is 12.2. The maximum absolute atomic E-state index is 12.9. The molecule has 0 saturated carbocycles. The molecule has 1 aliphatic rings. The van der Waals surface area contributed by atoms with Crippen molar-refractivity contribution >= 4 is 32.6 Å². The van der Waals surface area contributed by atoms with Gasteiger partial charge in [0.2, 0.25) is 0 Å². The van der Waals surface area contributed by atoms with Gasteiger partial charge in [-0.25, -0.2) is 0 Å². The third-order valence-corrected chi connectivity index (χ3v) is 4.96. The van der Waals surface area contributed by atoms with E-state index in [1.807, 2.05) is 24.3 Å². The Morgan fingerprint density at radius 2 is 1.83 bits per heavy atom. The lowest BCUT2D eigenvalue weighted by molar-refractivity contribution is -0.184. The van der Waals surface area contributed by atoms with Crippen LogP contribution in [0.4, 0.5) is 13.2 Å². The van der Waals surface area contributed by atoms with Crippen molar-refractivity contribution in [1.82, 2.24) is 4.90 Å². The quantitative estimate of drug-likeness (QED) is 0.674. The summed E-state index contributed by atoms with van der Waals surface area (Å²) in [7, 11) is 0. The number of halogens is 4. The lowest BCUT2D eigenvalue weighted by Gasteiger charge is -2.34. The molecule has 0 aromatic heterocycles. The van der Waals surface area contributed by atoms with Crippen LogP contribution in [-0.4, -0.2) is 30.1 Å². The molecule has 6 heteroatoms. The largest absolute Gasteiger partial charge is 0.393 e. The van der Waals surface area contributed by atoms with Crippen molar-refractivity contribution in [2.24, 2.45) is 5.92 Å². The molecule has 1 fully saturated rings. The summed E-state index contributed by atoms with van der Waals surface area (Å²) in [6.07, 6.45) is -3.78. The maximum atomic E-state index is 12.9. The van der Waals surface area contributed by atoms with Crippen LogP contribution in [-0.2, 0) is 0 Å². The highest BCUT2D eigenvalue weighted by Gasteiger charge is 2.42. The molecular formula is C17H15BrF3NO. The van der Waals surface area contributed by atoms with E-state index in [-0.39, 0.29) is 18.9 Å². The van der Waals surface area contributed by atoms with E-state index >= 15 is 0 Å². The van der Waals surface area contributed by atoms with E-state index in [0.29, 0.717) is 18.5 Å². The molecule has 2 nitrogen and oxygen atoms in total. The van der Waals surface area contributed by atoms with Gasteiger partial charge in [-0.1, -0.05) is 40.2 Å². The summed E-state index contributed by atoms with van der Waals surface area (Å²) >= 11 is 3.44. The van der Waals surface area contributed by atoms with E-state index in [1.165, 1.54) is 4.90 Å². The lowest BCUT2D eigenvalue weighted by Crippen LogP contribution is -2.44. The third kappa shape index (κ3) is 3.22. The minimum atomic E-state index is -4.25. The number of rotatable bonds is 1. The number of benzene rings is 2. The summed E-state index contributed by atoms with van der Waals surface area (Å²) in [5, 5.41) is 1.63. The van der Waals surface area contributed by atoms with Gasteiger partial charge in [0.05, 0.1) is 5.92 Å². The molecule has 23 heavy (non-hydrogen) atoms. The van der Waals surface area contributed by atoms with Crippen LogP contribution in [0.5, 0.6) is 0 Å². The van der Waals surface area contributed by atoms with Crippen molar-refractivity contribution in [3.63, 3.8) is 0 Å². The molecular weight excluding hydrogens is 371 g/mol. The van der Waals surface area contributed by atoms with E-state index in [4.69, 9.17) is 0 Å². The molecule has 1 unspecified atom stereocenters. The van der Waals surface area contributed by atoms with Crippen LogP contribution in [0, 0.1) is 5.92 Å². The number of fused-ring (bicyclic) bond motifs is 1. The highest BCUT2D eigenvalue weighted by Crippen LogP contribution is 2.34. The average Bonchev–Trinajstić information content (AvgIpc) is 2.53. The monoisotopic (exact) mass is 385 g/mol. The molecule has 0 radical (unpaired) electrons. The highest BCUT2D eigenvalue weighted by molar-refractivity contribution is 9.10. The lowest BCUT2D eigenvalue weighted by atomic mass is 9.96. The topological polar surface area (TPSA) is 20.3 Å². The third-order valence-electron chi connectivity index (χ3n) is 4.27. The van der Waals surface area contributed by atoms with Gasteiger partial charge in [-0.15, -0.1) is 0 Å². The highest BCUT2D eigenvalue weighted by atomic mass is 79.9. The molecule has 2 aromatic carbocycles. The van der Waals surface area contributed by atoms with Crippen molar-refractivity contribution in [3.05, 3.63) is 46.4 Å². The van der Waals surface area contributed by atoms with E-state index < -0.39 is 12.1 Å². The standard InChI is InChI=1S/C17H15BrF3NO/c18-15-8-2-5-12-13(15)6-1-7-14(12)16(23)22-9-3-4-11(10-22)17(19,20)21/h1-2,5-8,11H,3-4,9-10H2. The van der Waals surface area contributed by atoms with Crippen molar-refractivity contribution in [1.29, 1.82) is 0 Å². The number of hydrogen-bond donors (Lipinski definition) is 0. The zero-order chi connectivity index (χ0) is 16.6. The van der Waals surface area contributed by atoms with Crippen LogP contribution in [0.2, 0.25) is 0 Å². The summed E-state index contributed by atoms with van der Waals surface area (Å²) in [4.78, 5) is 14.1. The molecule has 1 heterocycles. The van der Waals surface area contributed by atoms with Crippen molar-refractivity contribution in [3.8, 4) is 0 Å². The number of hydrogen-bond acceptors (Lipinski definition) is 1. The predicted molar refractivity (Wildman–Crippen MR) is 86.3 cm³/mol. The number of nitrogens with zero attached hydrogens (tertiary/aromatic N) is 1. The molecule has 0 aliphatic carbocycles. The number of alkyl halides is 3. The van der Waals surface area contributed by atoms with Gasteiger partial charge in [0, 0.05) is 23.1 Å². The van der Waals surface area contributed by atoms with E-state index in [9.17, 15) is 18.0 Å². The first-order valence-electron chi connectivity index (χ1n) is 7.41. The molecule has 2 aromatic rings. The van der Waals surface area contributed by atoms with Crippen molar-refractivity contribution < 1.29 is 18.0 Å². The van der Waals surface area contributed by atoms with Crippen LogP contribution in [0.3, 0.4) is 0 Å². The second kappa shape index (κ2) is 6.15. The molecule has 0 N–H and O–H groups in total. The van der Waals surface area contributed by atoms with E-state index in [2.05, 4.69) is 15.9 Å². The second-order valence-corrected chi connectivity index (χ2v) is 6.63. The van der Waals surface area contributed by atoms with Gasteiger partial charge in [-0.3, -0.25) is 4.79 Å². The number of piperidine rings is 1. The minimum Gasteiger partial charge on any atom is -0.338 e. The predicted octanol–water partition coefficient (Wildman–Crippen LogP) is 5.02.